The first-order valence-corrected chi connectivity index (χ1v) is 7.15. The van der Waals surface area contributed by atoms with Gasteiger partial charge in [0.15, 0.2) is 0 Å². The molecule has 0 aromatic rings. The molecule has 0 saturated heterocycles. The van der Waals surface area contributed by atoms with Crippen LogP contribution in [0.15, 0.2) is 0 Å². The highest BCUT2D eigenvalue weighted by atomic mass is 32.1. The molecule has 1 saturated carbocycles. The topological polar surface area (TPSA) is 35.2 Å². The van der Waals surface area contributed by atoms with E-state index in [1.54, 1.807) is 0 Å². The third kappa shape index (κ3) is 4.55. The number of rotatable bonds is 5. The minimum atomic E-state index is -0.0804. The zero-order chi connectivity index (χ0) is 13.1. The molecule has 2 nitrogen and oxygen atoms in total. The molecule has 0 amide bonds. The van der Waals surface area contributed by atoms with Gasteiger partial charge in [0.25, 0.3) is 0 Å². The third-order valence-electron chi connectivity index (χ3n) is 4.30. The lowest BCUT2D eigenvalue weighted by Gasteiger charge is -2.32. The molecule has 100 valence electrons. The van der Waals surface area contributed by atoms with Gasteiger partial charge in [0.1, 0.15) is 0 Å². The van der Waals surface area contributed by atoms with Gasteiger partial charge < -0.3 is 10.5 Å². The fourth-order valence-electron chi connectivity index (χ4n) is 2.25. The average Bonchev–Trinajstić information content (AvgIpc) is 2.23. The normalized spacial score (nSPS) is 30.2. The SMILES string of the molecule is CC1CCC(OCCC(C)(C)C(N)=S)CC1C. The van der Waals surface area contributed by atoms with E-state index >= 15 is 0 Å². The van der Waals surface area contributed by atoms with E-state index in [0.29, 0.717) is 11.1 Å². The standard InChI is InChI=1S/C14H27NOS/c1-10-5-6-12(9-11(10)2)16-8-7-14(3,4)13(15)17/h10-12H,5-9H2,1-4H3,(H2,15,17). The highest BCUT2D eigenvalue weighted by Gasteiger charge is 2.26. The Bertz CT molecular complexity index is 265. The zero-order valence-corrected chi connectivity index (χ0v) is 12.5. The molecule has 1 aliphatic rings. The summed E-state index contributed by atoms with van der Waals surface area (Å²) in [5, 5.41) is 0. The predicted molar refractivity (Wildman–Crippen MR) is 77.1 cm³/mol. The summed E-state index contributed by atoms with van der Waals surface area (Å²) in [5.74, 6) is 1.64. The van der Waals surface area contributed by atoms with Crippen LogP contribution in [0, 0.1) is 17.3 Å². The van der Waals surface area contributed by atoms with Crippen LogP contribution in [0.2, 0.25) is 0 Å². The maximum Gasteiger partial charge on any atom is 0.0785 e. The van der Waals surface area contributed by atoms with Gasteiger partial charge in [-0.3, -0.25) is 0 Å². The lowest BCUT2D eigenvalue weighted by molar-refractivity contribution is -0.00408. The quantitative estimate of drug-likeness (QED) is 0.765. The molecule has 0 spiro atoms. The molecule has 1 aliphatic carbocycles. The molecule has 0 bridgehead atoms. The molecule has 1 fully saturated rings. The summed E-state index contributed by atoms with van der Waals surface area (Å²) in [6.45, 7) is 9.63. The van der Waals surface area contributed by atoms with Crippen molar-refractivity contribution in [2.24, 2.45) is 23.0 Å². The van der Waals surface area contributed by atoms with Crippen molar-refractivity contribution in [2.75, 3.05) is 6.61 Å². The van der Waals surface area contributed by atoms with Crippen molar-refractivity contribution in [1.29, 1.82) is 0 Å². The summed E-state index contributed by atoms with van der Waals surface area (Å²) in [4.78, 5) is 0.590. The van der Waals surface area contributed by atoms with Crippen molar-refractivity contribution in [3.63, 3.8) is 0 Å². The van der Waals surface area contributed by atoms with Crippen molar-refractivity contribution < 1.29 is 4.74 Å². The van der Waals surface area contributed by atoms with Crippen LogP contribution in [0.5, 0.6) is 0 Å². The molecule has 3 unspecified atom stereocenters. The molecular formula is C14H27NOS. The molecule has 0 aromatic heterocycles. The van der Waals surface area contributed by atoms with Gasteiger partial charge in [0.2, 0.25) is 0 Å². The van der Waals surface area contributed by atoms with E-state index < -0.39 is 0 Å². The summed E-state index contributed by atoms with van der Waals surface area (Å²) in [6, 6.07) is 0. The van der Waals surface area contributed by atoms with Crippen molar-refractivity contribution in [3.05, 3.63) is 0 Å². The maximum absolute atomic E-state index is 5.97. The number of ether oxygens (including phenoxy) is 1. The Morgan fingerprint density at radius 3 is 2.47 bits per heavy atom. The first-order valence-electron chi connectivity index (χ1n) is 6.74. The second-order valence-electron chi connectivity index (χ2n) is 6.26. The number of hydrogen-bond donors (Lipinski definition) is 1. The zero-order valence-electron chi connectivity index (χ0n) is 11.7. The van der Waals surface area contributed by atoms with E-state index in [0.717, 1.165) is 24.9 Å². The van der Waals surface area contributed by atoms with E-state index in [9.17, 15) is 0 Å². The second-order valence-corrected chi connectivity index (χ2v) is 6.70. The van der Waals surface area contributed by atoms with Gasteiger partial charge >= 0.3 is 0 Å². The molecule has 0 heterocycles. The van der Waals surface area contributed by atoms with Crippen LogP contribution in [0.3, 0.4) is 0 Å². The van der Waals surface area contributed by atoms with Crippen LogP contribution in [-0.4, -0.2) is 17.7 Å². The van der Waals surface area contributed by atoms with Crippen LogP contribution in [0.1, 0.15) is 53.4 Å². The van der Waals surface area contributed by atoms with Gasteiger partial charge in [-0.1, -0.05) is 39.9 Å². The number of thiocarbonyl (C=S) groups is 1. The Morgan fingerprint density at radius 1 is 1.29 bits per heavy atom. The number of hydrogen-bond acceptors (Lipinski definition) is 2. The Morgan fingerprint density at radius 2 is 1.94 bits per heavy atom. The fourth-order valence-corrected chi connectivity index (χ4v) is 2.36. The van der Waals surface area contributed by atoms with Gasteiger partial charge in [0, 0.05) is 12.0 Å². The second kappa shape index (κ2) is 6.14. The van der Waals surface area contributed by atoms with Crippen molar-refractivity contribution >= 4 is 17.2 Å². The van der Waals surface area contributed by atoms with Crippen LogP contribution in [-0.2, 0) is 4.74 Å². The highest BCUT2D eigenvalue weighted by Crippen LogP contribution is 2.31. The van der Waals surface area contributed by atoms with Crippen LogP contribution >= 0.6 is 12.2 Å². The molecular weight excluding hydrogens is 230 g/mol. The molecule has 17 heavy (non-hydrogen) atoms. The van der Waals surface area contributed by atoms with Crippen LogP contribution in [0.25, 0.3) is 0 Å². The largest absolute Gasteiger partial charge is 0.393 e. The lowest BCUT2D eigenvalue weighted by atomic mass is 9.80. The minimum absolute atomic E-state index is 0.0804. The maximum atomic E-state index is 5.97. The molecule has 3 heteroatoms. The summed E-state index contributed by atoms with van der Waals surface area (Å²) in [6.07, 6.45) is 5.07. The fraction of sp³-hybridized carbons (Fsp3) is 0.929. The van der Waals surface area contributed by atoms with Crippen molar-refractivity contribution in [1.82, 2.24) is 0 Å². The van der Waals surface area contributed by atoms with Gasteiger partial charge in [-0.05, 0) is 37.5 Å². The average molecular weight is 257 g/mol. The Balaban J connectivity index is 2.26. The van der Waals surface area contributed by atoms with E-state index in [1.165, 1.54) is 19.3 Å². The predicted octanol–water partition coefficient (Wildman–Crippen LogP) is 3.53. The van der Waals surface area contributed by atoms with E-state index in [-0.39, 0.29) is 5.41 Å². The lowest BCUT2D eigenvalue weighted by Crippen LogP contribution is -2.32. The van der Waals surface area contributed by atoms with E-state index in [2.05, 4.69) is 27.7 Å². The molecule has 0 aliphatic heterocycles. The molecule has 2 N–H and O–H groups in total. The monoisotopic (exact) mass is 257 g/mol. The van der Waals surface area contributed by atoms with E-state index in [4.69, 9.17) is 22.7 Å². The van der Waals surface area contributed by atoms with Gasteiger partial charge in [-0.2, -0.15) is 0 Å². The third-order valence-corrected chi connectivity index (χ3v) is 4.85. The molecule has 1 rings (SSSR count). The van der Waals surface area contributed by atoms with Crippen LogP contribution < -0.4 is 5.73 Å². The van der Waals surface area contributed by atoms with E-state index in [1.807, 2.05) is 0 Å². The van der Waals surface area contributed by atoms with Gasteiger partial charge in [0.05, 0.1) is 11.1 Å². The summed E-state index contributed by atoms with van der Waals surface area (Å²) in [5.41, 5.74) is 5.63. The molecule has 0 aromatic carbocycles. The van der Waals surface area contributed by atoms with Gasteiger partial charge in [-0.25, -0.2) is 0 Å². The molecule has 0 radical (unpaired) electrons. The Kier molecular flexibility index (Phi) is 5.39. The minimum Gasteiger partial charge on any atom is -0.393 e. The highest BCUT2D eigenvalue weighted by molar-refractivity contribution is 7.80. The Labute approximate surface area is 111 Å². The first-order chi connectivity index (χ1) is 7.83. The smallest absolute Gasteiger partial charge is 0.0785 e. The van der Waals surface area contributed by atoms with Crippen molar-refractivity contribution in [2.45, 2.75) is 59.5 Å². The Hall–Kier alpha value is -0.150. The molecule has 3 atom stereocenters. The number of nitrogens with two attached hydrogens (primary N) is 1. The summed E-state index contributed by atoms with van der Waals surface area (Å²) in [7, 11) is 0. The van der Waals surface area contributed by atoms with Gasteiger partial charge in [-0.15, -0.1) is 0 Å². The summed E-state index contributed by atoms with van der Waals surface area (Å²) >= 11 is 5.06. The first kappa shape index (κ1) is 14.9. The van der Waals surface area contributed by atoms with Crippen molar-refractivity contribution in [3.8, 4) is 0 Å². The van der Waals surface area contributed by atoms with Crippen LogP contribution in [0.4, 0.5) is 0 Å². The summed E-state index contributed by atoms with van der Waals surface area (Å²) < 4.78 is 5.97.